The molecule has 0 bridgehead atoms. The maximum Gasteiger partial charge on any atom is 0.251 e. The van der Waals surface area contributed by atoms with Crippen molar-refractivity contribution in [3.05, 3.63) is 89.0 Å². The van der Waals surface area contributed by atoms with Crippen molar-refractivity contribution in [2.24, 2.45) is 11.8 Å². The number of aryl methyl sites for hydroxylation is 1. The van der Waals surface area contributed by atoms with Crippen LogP contribution in [0.4, 0.5) is 5.69 Å². The van der Waals surface area contributed by atoms with Gasteiger partial charge in [0, 0.05) is 25.4 Å². The van der Waals surface area contributed by atoms with E-state index < -0.39 is 28.7 Å². The SMILES string of the molecule is Cc1cccc(Cl)c1N1CC=C[C@]23S[C@H]4C=CCN(C)C(=O)[C@H]4[C@H]2C(=O)N([C@@H](CO)Cc2ccccc2)C3C1=O. The summed E-state index contributed by atoms with van der Waals surface area (Å²) in [6.45, 7) is 2.37. The second-order valence-electron chi connectivity index (χ2n) is 11.0. The second-order valence-corrected chi connectivity index (χ2v) is 12.9. The minimum atomic E-state index is -0.963. The van der Waals surface area contributed by atoms with Crippen LogP contribution in [0.15, 0.2) is 72.8 Å². The Kier molecular flexibility index (Phi) is 7.05. The van der Waals surface area contributed by atoms with Crippen molar-refractivity contribution in [2.45, 2.75) is 35.4 Å². The molecule has 1 spiro atoms. The van der Waals surface area contributed by atoms with Crippen molar-refractivity contribution < 1.29 is 19.5 Å². The first-order chi connectivity index (χ1) is 19.3. The van der Waals surface area contributed by atoms with Crippen LogP contribution in [0, 0.1) is 18.8 Å². The summed E-state index contributed by atoms with van der Waals surface area (Å²) in [7, 11) is 1.75. The van der Waals surface area contributed by atoms with Crippen LogP contribution in [0.5, 0.6) is 0 Å². The minimum absolute atomic E-state index is 0.0918. The van der Waals surface area contributed by atoms with Gasteiger partial charge in [-0.2, -0.15) is 0 Å². The first-order valence-corrected chi connectivity index (χ1v) is 14.8. The fraction of sp³-hybridized carbons (Fsp3) is 0.387. The number of amides is 3. The molecule has 4 aliphatic rings. The van der Waals surface area contributed by atoms with Gasteiger partial charge in [0.2, 0.25) is 11.8 Å². The number of carbonyl (C=O) groups excluding carboxylic acids is 3. The smallest absolute Gasteiger partial charge is 0.251 e. The zero-order valence-corrected chi connectivity index (χ0v) is 24.0. The zero-order chi connectivity index (χ0) is 28.2. The van der Waals surface area contributed by atoms with Crippen molar-refractivity contribution in [2.75, 3.05) is 31.6 Å². The molecule has 1 unspecified atom stereocenters. The molecule has 2 aromatic rings. The molecule has 7 nitrogen and oxygen atoms in total. The number of hydrogen-bond acceptors (Lipinski definition) is 5. The van der Waals surface area contributed by atoms with Gasteiger partial charge in [0.15, 0.2) is 0 Å². The summed E-state index contributed by atoms with van der Waals surface area (Å²) in [4.78, 5) is 47.9. The predicted octanol–water partition coefficient (Wildman–Crippen LogP) is 3.48. The van der Waals surface area contributed by atoms with Crippen LogP contribution in [0.1, 0.15) is 11.1 Å². The number of hydrogen-bond donors (Lipinski definition) is 1. The van der Waals surface area contributed by atoms with E-state index in [-0.39, 0.29) is 29.6 Å². The highest BCUT2D eigenvalue weighted by Crippen LogP contribution is 2.61. The lowest BCUT2D eigenvalue weighted by Gasteiger charge is -2.39. The highest BCUT2D eigenvalue weighted by atomic mass is 35.5. The minimum Gasteiger partial charge on any atom is -0.394 e. The number of rotatable bonds is 5. The number of anilines is 1. The number of benzene rings is 2. The van der Waals surface area contributed by atoms with Gasteiger partial charge in [-0.05, 0) is 30.5 Å². The van der Waals surface area contributed by atoms with E-state index >= 15 is 0 Å². The first-order valence-electron chi connectivity index (χ1n) is 13.6. The van der Waals surface area contributed by atoms with Gasteiger partial charge in [-0.1, -0.05) is 78.4 Å². The van der Waals surface area contributed by atoms with E-state index in [1.54, 1.807) is 27.8 Å². The Bertz CT molecular complexity index is 1390. The Morgan fingerprint density at radius 3 is 2.52 bits per heavy atom. The van der Waals surface area contributed by atoms with Gasteiger partial charge in [-0.3, -0.25) is 14.4 Å². The second kappa shape index (κ2) is 10.4. The average Bonchev–Trinajstić information content (AvgIpc) is 3.28. The fourth-order valence-electron chi connectivity index (χ4n) is 6.90. The summed E-state index contributed by atoms with van der Waals surface area (Å²) in [5.74, 6) is -1.94. The van der Waals surface area contributed by atoms with Gasteiger partial charge in [0.05, 0.1) is 39.9 Å². The number of fused-ring (bicyclic) bond motifs is 2. The van der Waals surface area contributed by atoms with Gasteiger partial charge < -0.3 is 19.8 Å². The standard InChI is InChI=1S/C31H32ClN3O4S/c1-19-9-6-12-22(32)26(19)34-16-8-14-31-25(24-23(40-31)13-7-15-33(2)28(24)37)29(38)35(27(31)30(34)39)21(18-36)17-20-10-4-3-5-11-20/h3-14,21,23-25,27,36H,15-18H2,1-2H3/t21-,23+,24-,25+,27?,31+/m1/s1. The predicted molar refractivity (Wildman–Crippen MR) is 157 cm³/mol. The summed E-state index contributed by atoms with van der Waals surface area (Å²) < 4.78 is -0.963. The number of nitrogens with zero attached hydrogens (tertiary/aromatic N) is 3. The summed E-state index contributed by atoms with van der Waals surface area (Å²) >= 11 is 8.18. The van der Waals surface area contributed by atoms with E-state index in [0.717, 1.165) is 11.1 Å². The Labute approximate surface area is 243 Å². The van der Waals surface area contributed by atoms with E-state index in [2.05, 4.69) is 0 Å². The van der Waals surface area contributed by atoms with Gasteiger partial charge >= 0.3 is 0 Å². The van der Waals surface area contributed by atoms with Crippen LogP contribution >= 0.6 is 23.4 Å². The zero-order valence-electron chi connectivity index (χ0n) is 22.4. The van der Waals surface area contributed by atoms with Crippen molar-refractivity contribution >= 4 is 46.8 Å². The van der Waals surface area contributed by atoms with Gasteiger partial charge in [-0.25, -0.2) is 0 Å². The highest BCUT2D eigenvalue weighted by Gasteiger charge is 2.71. The highest BCUT2D eigenvalue weighted by molar-refractivity contribution is 8.02. The van der Waals surface area contributed by atoms with Crippen LogP contribution in [-0.2, 0) is 20.8 Å². The van der Waals surface area contributed by atoms with Crippen molar-refractivity contribution in [1.82, 2.24) is 9.80 Å². The Morgan fingerprint density at radius 2 is 1.80 bits per heavy atom. The van der Waals surface area contributed by atoms with Gasteiger partial charge in [-0.15, -0.1) is 11.8 Å². The normalized spacial score (nSPS) is 30.2. The number of likely N-dealkylation sites (N-methyl/N-ethyl adjacent to an activating group) is 1. The van der Waals surface area contributed by atoms with E-state index in [1.807, 2.05) is 73.7 Å². The average molecular weight is 578 g/mol. The molecule has 2 saturated heterocycles. The monoisotopic (exact) mass is 577 g/mol. The molecule has 6 atom stereocenters. The number of halogens is 1. The van der Waals surface area contributed by atoms with E-state index in [4.69, 9.17) is 11.6 Å². The molecule has 9 heteroatoms. The van der Waals surface area contributed by atoms with E-state index in [9.17, 15) is 19.5 Å². The van der Waals surface area contributed by atoms with Crippen LogP contribution in [0.3, 0.4) is 0 Å². The van der Waals surface area contributed by atoms with Crippen molar-refractivity contribution in [3.8, 4) is 0 Å². The molecule has 1 N–H and O–H groups in total. The quantitative estimate of drug-likeness (QED) is 0.551. The molecule has 0 radical (unpaired) electrons. The number of aliphatic hydroxyl groups excluding tert-OH is 1. The molecule has 2 aromatic carbocycles. The van der Waals surface area contributed by atoms with Crippen LogP contribution in [0.25, 0.3) is 0 Å². The Morgan fingerprint density at radius 1 is 1.02 bits per heavy atom. The third-order valence-corrected chi connectivity index (χ3v) is 10.7. The Hall–Kier alpha value is -3.07. The molecular weight excluding hydrogens is 546 g/mol. The van der Waals surface area contributed by atoms with Crippen molar-refractivity contribution in [1.29, 1.82) is 0 Å². The largest absolute Gasteiger partial charge is 0.394 e. The third-order valence-electron chi connectivity index (χ3n) is 8.67. The van der Waals surface area contributed by atoms with Gasteiger partial charge in [0.1, 0.15) is 6.04 Å². The Balaban J connectivity index is 1.50. The number of thioether (sulfide) groups is 1. The van der Waals surface area contributed by atoms with Gasteiger partial charge in [0.25, 0.3) is 5.91 Å². The molecule has 6 rings (SSSR count). The molecule has 0 aromatic heterocycles. The molecular formula is C31H32ClN3O4S. The molecule has 4 heterocycles. The molecule has 2 fully saturated rings. The lowest BCUT2D eigenvalue weighted by molar-refractivity contribution is -0.144. The van der Waals surface area contributed by atoms with E-state index in [1.165, 1.54) is 11.8 Å². The molecule has 0 saturated carbocycles. The first kappa shape index (κ1) is 27.1. The summed E-state index contributed by atoms with van der Waals surface area (Å²) in [6, 6.07) is 13.6. The van der Waals surface area contributed by atoms with Crippen molar-refractivity contribution in [3.63, 3.8) is 0 Å². The summed E-state index contributed by atoms with van der Waals surface area (Å²) in [5.41, 5.74) is 2.42. The molecule has 0 aliphatic carbocycles. The molecule has 3 amide bonds. The number of para-hydroxylation sites is 1. The fourth-order valence-corrected chi connectivity index (χ4v) is 9.22. The maximum atomic E-state index is 14.7. The summed E-state index contributed by atoms with van der Waals surface area (Å²) in [5, 5.41) is 10.9. The maximum absolute atomic E-state index is 14.7. The topological polar surface area (TPSA) is 81.2 Å². The number of likely N-dealkylation sites (tertiary alicyclic amines) is 1. The van der Waals surface area contributed by atoms with Crippen LogP contribution in [-0.4, -0.2) is 81.5 Å². The third kappa shape index (κ3) is 4.11. The summed E-state index contributed by atoms with van der Waals surface area (Å²) in [6.07, 6.45) is 8.30. The van der Waals surface area contributed by atoms with Crippen LogP contribution in [0.2, 0.25) is 5.02 Å². The van der Waals surface area contributed by atoms with Crippen LogP contribution < -0.4 is 4.90 Å². The molecule has 4 aliphatic heterocycles. The molecule has 208 valence electrons. The van der Waals surface area contributed by atoms with E-state index in [0.29, 0.717) is 30.2 Å². The lowest BCUT2D eigenvalue weighted by atomic mass is 9.78. The number of aliphatic hydroxyl groups is 1. The lowest BCUT2D eigenvalue weighted by Crippen LogP contribution is -2.57. The number of carbonyl (C=O) groups is 3. The molecule has 40 heavy (non-hydrogen) atoms.